The number of hydrogen-bond acceptors (Lipinski definition) is 3. The molecule has 3 rings (SSSR count). The van der Waals surface area contributed by atoms with Crippen molar-refractivity contribution in [2.75, 3.05) is 13.7 Å². The van der Waals surface area contributed by atoms with Crippen LogP contribution in [0.3, 0.4) is 0 Å². The van der Waals surface area contributed by atoms with Crippen molar-refractivity contribution in [3.8, 4) is 5.75 Å². The second-order valence-electron chi connectivity index (χ2n) is 7.70. The van der Waals surface area contributed by atoms with Gasteiger partial charge in [-0.25, -0.2) is 0 Å². The predicted octanol–water partition coefficient (Wildman–Crippen LogP) is 5.19. The van der Waals surface area contributed by atoms with Crippen molar-refractivity contribution >= 4 is 23.4 Å². The van der Waals surface area contributed by atoms with Gasteiger partial charge < -0.3 is 15.0 Å². The summed E-state index contributed by atoms with van der Waals surface area (Å²) in [6.45, 7) is 2.58. The molecule has 5 nitrogen and oxygen atoms in total. The molecule has 33 heavy (non-hydrogen) atoms. The molecule has 1 atom stereocenters. The maximum Gasteiger partial charge on any atom is 0.247 e. The van der Waals surface area contributed by atoms with Crippen molar-refractivity contribution in [1.82, 2.24) is 10.2 Å². The molecule has 0 aromatic heterocycles. The number of nitrogens with zero attached hydrogens (tertiary/aromatic N) is 1. The molecular weight excluding hydrogens is 436 g/mol. The lowest BCUT2D eigenvalue weighted by atomic mass is 10.0. The van der Waals surface area contributed by atoms with Crippen LogP contribution in [-0.4, -0.2) is 30.4 Å². The van der Waals surface area contributed by atoms with Crippen LogP contribution in [0.25, 0.3) is 0 Å². The molecule has 3 aromatic carbocycles. The first-order valence-corrected chi connectivity index (χ1v) is 11.4. The van der Waals surface area contributed by atoms with Gasteiger partial charge in [0.25, 0.3) is 0 Å². The quantitative estimate of drug-likeness (QED) is 0.449. The lowest BCUT2D eigenvalue weighted by molar-refractivity contribution is -0.141. The number of hydrogen-bond donors (Lipinski definition) is 1. The first-order valence-electron chi connectivity index (χ1n) is 11.0. The first kappa shape index (κ1) is 24.3. The van der Waals surface area contributed by atoms with Gasteiger partial charge in [0, 0.05) is 24.5 Å². The normalized spacial score (nSPS) is 11.5. The van der Waals surface area contributed by atoms with Crippen LogP contribution in [0.5, 0.6) is 5.75 Å². The maximum atomic E-state index is 13.4. The summed E-state index contributed by atoms with van der Waals surface area (Å²) in [5.41, 5.74) is 2.78. The molecule has 0 fully saturated rings. The minimum absolute atomic E-state index is 0.0934. The molecule has 172 valence electrons. The van der Waals surface area contributed by atoms with E-state index in [1.165, 1.54) is 0 Å². The van der Waals surface area contributed by atoms with Crippen molar-refractivity contribution in [1.29, 1.82) is 0 Å². The molecule has 0 aliphatic heterocycles. The van der Waals surface area contributed by atoms with Gasteiger partial charge in [-0.1, -0.05) is 73.1 Å². The fourth-order valence-corrected chi connectivity index (χ4v) is 3.77. The molecule has 0 spiro atoms. The zero-order chi connectivity index (χ0) is 23.6. The second-order valence-corrected chi connectivity index (χ2v) is 8.14. The van der Waals surface area contributed by atoms with Crippen LogP contribution >= 0.6 is 11.6 Å². The minimum Gasteiger partial charge on any atom is -0.497 e. The number of benzene rings is 3. The van der Waals surface area contributed by atoms with Gasteiger partial charge in [0.05, 0.1) is 7.11 Å². The van der Waals surface area contributed by atoms with E-state index >= 15 is 0 Å². The molecule has 0 heterocycles. The van der Waals surface area contributed by atoms with Crippen LogP contribution in [0.15, 0.2) is 78.9 Å². The molecule has 0 unspecified atom stereocenters. The molecule has 2 amide bonds. The average molecular weight is 465 g/mol. The van der Waals surface area contributed by atoms with Crippen molar-refractivity contribution in [2.24, 2.45) is 0 Å². The Hall–Kier alpha value is -3.31. The Morgan fingerprint density at radius 2 is 1.58 bits per heavy atom. The summed E-state index contributed by atoms with van der Waals surface area (Å²) in [7, 11) is 1.63. The van der Waals surface area contributed by atoms with E-state index in [1.807, 2.05) is 66.7 Å². The Kier molecular flexibility index (Phi) is 8.90. The van der Waals surface area contributed by atoms with Gasteiger partial charge in [-0.3, -0.25) is 9.59 Å². The van der Waals surface area contributed by atoms with Crippen molar-refractivity contribution < 1.29 is 14.3 Å². The van der Waals surface area contributed by atoms with Crippen LogP contribution in [0.1, 0.15) is 36.1 Å². The third kappa shape index (κ3) is 6.83. The van der Waals surface area contributed by atoms with E-state index in [9.17, 15) is 9.59 Å². The standard InChI is InChI=1S/C27H29ClN2O3/c1-3-25(31)30(19-21-9-13-23(28)14-10-21)26(22-7-5-4-6-8-22)27(32)29-18-17-20-11-15-24(33-2)16-12-20/h4-16,26H,3,17-19H2,1-2H3,(H,29,32)/t26-/m1/s1. The number of amides is 2. The number of carbonyl (C=O) groups excluding carboxylic acids is 2. The molecule has 0 saturated carbocycles. The number of rotatable bonds is 10. The molecule has 3 aromatic rings. The second kappa shape index (κ2) is 12.1. The average Bonchev–Trinajstić information content (AvgIpc) is 2.85. The molecular formula is C27H29ClN2O3. The van der Waals surface area contributed by atoms with Gasteiger partial charge in [0.1, 0.15) is 11.8 Å². The highest BCUT2D eigenvalue weighted by atomic mass is 35.5. The molecule has 0 aliphatic rings. The van der Waals surface area contributed by atoms with Gasteiger partial charge >= 0.3 is 0 Å². The molecule has 0 saturated heterocycles. The largest absolute Gasteiger partial charge is 0.497 e. The summed E-state index contributed by atoms with van der Waals surface area (Å²) in [6, 6.07) is 23.8. The smallest absolute Gasteiger partial charge is 0.247 e. The summed E-state index contributed by atoms with van der Waals surface area (Å²) in [5.74, 6) is 0.498. The maximum absolute atomic E-state index is 13.4. The highest BCUT2D eigenvalue weighted by Crippen LogP contribution is 2.25. The Morgan fingerprint density at radius 3 is 2.18 bits per heavy atom. The summed E-state index contributed by atoms with van der Waals surface area (Å²) in [5, 5.41) is 3.66. The fraction of sp³-hybridized carbons (Fsp3) is 0.259. The summed E-state index contributed by atoms with van der Waals surface area (Å²) in [6.07, 6.45) is 0.978. The van der Waals surface area contributed by atoms with Crippen LogP contribution in [0.4, 0.5) is 0 Å². The van der Waals surface area contributed by atoms with E-state index in [0.717, 1.165) is 22.4 Å². The van der Waals surface area contributed by atoms with E-state index in [4.69, 9.17) is 16.3 Å². The van der Waals surface area contributed by atoms with Crippen LogP contribution in [0.2, 0.25) is 5.02 Å². The number of nitrogens with one attached hydrogen (secondary N) is 1. The van der Waals surface area contributed by atoms with E-state index in [0.29, 0.717) is 31.0 Å². The van der Waals surface area contributed by atoms with E-state index in [2.05, 4.69) is 5.32 Å². The molecule has 0 radical (unpaired) electrons. The first-order chi connectivity index (χ1) is 16.0. The fourth-order valence-electron chi connectivity index (χ4n) is 3.64. The van der Waals surface area contributed by atoms with Gasteiger partial charge in [0.2, 0.25) is 11.8 Å². The number of carbonyl (C=O) groups is 2. The highest BCUT2D eigenvalue weighted by molar-refractivity contribution is 6.30. The SMILES string of the molecule is CCC(=O)N(Cc1ccc(Cl)cc1)[C@@H](C(=O)NCCc1ccc(OC)cc1)c1ccccc1. The van der Waals surface area contributed by atoms with Crippen molar-refractivity contribution in [3.05, 3.63) is 101 Å². The van der Waals surface area contributed by atoms with Crippen LogP contribution in [0, 0.1) is 0 Å². The number of halogens is 1. The topological polar surface area (TPSA) is 58.6 Å². The van der Waals surface area contributed by atoms with Crippen molar-refractivity contribution in [3.63, 3.8) is 0 Å². The lowest BCUT2D eigenvalue weighted by Gasteiger charge is -2.31. The Balaban J connectivity index is 1.79. The minimum atomic E-state index is -0.731. The number of ether oxygens (including phenoxy) is 1. The number of methoxy groups -OCH3 is 1. The molecule has 6 heteroatoms. The highest BCUT2D eigenvalue weighted by Gasteiger charge is 2.30. The van der Waals surface area contributed by atoms with Gasteiger partial charge in [-0.15, -0.1) is 0 Å². The molecule has 0 bridgehead atoms. The van der Waals surface area contributed by atoms with Crippen molar-refractivity contribution in [2.45, 2.75) is 32.4 Å². The van der Waals surface area contributed by atoms with Crippen LogP contribution < -0.4 is 10.1 Å². The van der Waals surface area contributed by atoms with Crippen LogP contribution in [-0.2, 0) is 22.6 Å². The van der Waals surface area contributed by atoms with E-state index < -0.39 is 6.04 Å². The lowest BCUT2D eigenvalue weighted by Crippen LogP contribution is -2.43. The molecule has 0 aliphatic carbocycles. The zero-order valence-electron chi connectivity index (χ0n) is 19.0. The Morgan fingerprint density at radius 1 is 0.939 bits per heavy atom. The predicted molar refractivity (Wildman–Crippen MR) is 131 cm³/mol. The third-order valence-corrected chi connectivity index (χ3v) is 5.69. The van der Waals surface area contributed by atoms with Gasteiger partial charge in [-0.2, -0.15) is 0 Å². The van der Waals surface area contributed by atoms with E-state index in [-0.39, 0.29) is 11.8 Å². The monoisotopic (exact) mass is 464 g/mol. The molecule has 1 N–H and O–H groups in total. The Labute approximate surface area is 200 Å². The zero-order valence-corrected chi connectivity index (χ0v) is 19.7. The van der Waals surface area contributed by atoms with E-state index in [1.54, 1.807) is 31.1 Å². The Bertz CT molecular complexity index is 1040. The van der Waals surface area contributed by atoms with Gasteiger partial charge in [-0.05, 0) is 47.4 Å². The van der Waals surface area contributed by atoms with Gasteiger partial charge in [0.15, 0.2) is 0 Å². The third-order valence-electron chi connectivity index (χ3n) is 5.44. The summed E-state index contributed by atoms with van der Waals surface area (Å²) < 4.78 is 5.19. The summed E-state index contributed by atoms with van der Waals surface area (Å²) in [4.78, 5) is 28.0. The summed E-state index contributed by atoms with van der Waals surface area (Å²) >= 11 is 6.02.